The molecule has 0 spiro atoms. The summed E-state index contributed by atoms with van der Waals surface area (Å²) < 4.78 is 5.47. The van der Waals surface area contributed by atoms with E-state index in [4.69, 9.17) is 4.74 Å². The number of hydrogen-bond donors (Lipinski definition) is 2. The van der Waals surface area contributed by atoms with Gasteiger partial charge in [-0.25, -0.2) is 0 Å². The second kappa shape index (κ2) is 12.0. The third-order valence-corrected chi connectivity index (χ3v) is 7.31. The Labute approximate surface area is 242 Å². The van der Waals surface area contributed by atoms with Crippen LogP contribution >= 0.6 is 0 Å². The molecule has 0 radical (unpaired) electrons. The third-order valence-electron chi connectivity index (χ3n) is 7.31. The van der Waals surface area contributed by atoms with Crippen molar-refractivity contribution < 1.29 is 14.3 Å². The zero-order chi connectivity index (χ0) is 29.0. The minimum Gasteiger partial charge on any atom is -0.460 e. The molecule has 4 aromatic rings. The van der Waals surface area contributed by atoms with E-state index in [0.717, 1.165) is 51.9 Å². The number of esters is 1. The highest BCUT2D eigenvalue weighted by Gasteiger charge is 2.23. The largest absolute Gasteiger partial charge is 0.460 e. The van der Waals surface area contributed by atoms with Crippen LogP contribution in [0.3, 0.4) is 0 Å². The molecule has 41 heavy (non-hydrogen) atoms. The van der Waals surface area contributed by atoms with Gasteiger partial charge in [0.05, 0.1) is 12.5 Å². The Morgan fingerprint density at radius 2 is 1.76 bits per heavy atom. The summed E-state index contributed by atoms with van der Waals surface area (Å²) in [4.78, 5) is 31.5. The molecule has 5 rings (SSSR count). The fourth-order valence-corrected chi connectivity index (χ4v) is 5.40. The topological polar surface area (TPSA) is 74.4 Å². The Hall–Kier alpha value is -4.32. The van der Waals surface area contributed by atoms with Crippen molar-refractivity contribution in [2.45, 2.75) is 58.6 Å². The number of aromatic nitrogens is 1. The van der Waals surface area contributed by atoms with E-state index in [2.05, 4.69) is 70.7 Å². The molecule has 6 heteroatoms. The molecule has 2 N–H and O–H groups in total. The molecule has 6 nitrogen and oxygen atoms in total. The number of rotatable bonds is 9. The zero-order valence-corrected chi connectivity index (χ0v) is 24.4. The van der Waals surface area contributed by atoms with Gasteiger partial charge in [0.15, 0.2) is 0 Å². The number of carbonyl (C=O) groups excluding carboxylic acids is 2. The maximum Gasteiger partial charge on any atom is 0.306 e. The SMILES string of the molecule is Cc1ccc(C(NC(=O)Cc2ccc3[nH]cc(CCC(=O)OC(C)(C)C)c3c2)c2ccccc2)c(N2CC=CC2)c1. The normalized spacial score (nSPS) is 13.9. The van der Waals surface area contributed by atoms with E-state index in [1.54, 1.807) is 0 Å². The molecule has 1 aliphatic heterocycles. The molecule has 0 aliphatic carbocycles. The molecule has 0 saturated carbocycles. The number of H-pyrrole nitrogens is 1. The average Bonchev–Trinajstić information content (AvgIpc) is 3.61. The van der Waals surface area contributed by atoms with Crippen LogP contribution in [0.15, 0.2) is 85.1 Å². The van der Waals surface area contributed by atoms with Gasteiger partial charge in [0.25, 0.3) is 0 Å². The zero-order valence-electron chi connectivity index (χ0n) is 24.4. The molecular formula is C35H39N3O3. The van der Waals surface area contributed by atoms with Crippen molar-refractivity contribution in [3.05, 3.63) is 113 Å². The van der Waals surface area contributed by atoms with Crippen LogP contribution < -0.4 is 10.2 Å². The van der Waals surface area contributed by atoms with E-state index in [9.17, 15) is 9.59 Å². The van der Waals surface area contributed by atoms with E-state index in [1.807, 2.05) is 57.3 Å². The fraction of sp³-hybridized carbons (Fsp3) is 0.314. The molecule has 212 valence electrons. The number of nitrogens with one attached hydrogen (secondary N) is 2. The van der Waals surface area contributed by atoms with Crippen LogP contribution in [0, 0.1) is 6.92 Å². The smallest absolute Gasteiger partial charge is 0.306 e. The summed E-state index contributed by atoms with van der Waals surface area (Å²) in [5, 5.41) is 4.37. The second-order valence-corrected chi connectivity index (χ2v) is 11.8. The van der Waals surface area contributed by atoms with Gasteiger partial charge >= 0.3 is 5.97 Å². The van der Waals surface area contributed by atoms with Crippen LogP contribution in [0.25, 0.3) is 10.9 Å². The molecule has 0 fully saturated rings. The Morgan fingerprint density at radius 3 is 2.49 bits per heavy atom. The molecule has 1 aromatic heterocycles. The highest BCUT2D eigenvalue weighted by Crippen LogP contribution is 2.33. The van der Waals surface area contributed by atoms with Gasteiger partial charge in [0.1, 0.15) is 5.60 Å². The minimum absolute atomic E-state index is 0.0462. The van der Waals surface area contributed by atoms with Gasteiger partial charge in [0, 0.05) is 47.9 Å². The first-order valence-corrected chi connectivity index (χ1v) is 14.3. The van der Waals surface area contributed by atoms with Crippen LogP contribution in [-0.4, -0.2) is 35.6 Å². The van der Waals surface area contributed by atoms with Gasteiger partial charge in [0.2, 0.25) is 5.91 Å². The van der Waals surface area contributed by atoms with E-state index >= 15 is 0 Å². The Bertz CT molecular complexity index is 1550. The number of anilines is 1. The molecule has 2 heterocycles. The van der Waals surface area contributed by atoms with Crippen molar-refractivity contribution in [3.63, 3.8) is 0 Å². The number of ether oxygens (including phenoxy) is 1. The molecule has 3 aromatic carbocycles. The van der Waals surface area contributed by atoms with Gasteiger partial charge in [-0.05, 0) is 74.6 Å². The van der Waals surface area contributed by atoms with Crippen molar-refractivity contribution in [2.75, 3.05) is 18.0 Å². The summed E-state index contributed by atoms with van der Waals surface area (Å²) in [7, 11) is 0. The number of aryl methyl sites for hydroxylation is 2. The molecule has 1 amide bonds. The summed E-state index contributed by atoms with van der Waals surface area (Å²) in [6.07, 6.45) is 7.43. The Morgan fingerprint density at radius 1 is 1.00 bits per heavy atom. The first-order valence-electron chi connectivity index (χ1n) is 14.3. The average molecular weight is 550 g/mol. The van der Waals surface area contributed by atoms with Crippen molar-refractivity contribution in [1.82, 2.24) is 10.3 Å². The predicted octanol–water partition coefficient (Wildman–Crippen LogP) is 6.58. The third kappa shape index (κ3) is 7.07. The lowest BCUT2D eigenvalue weighted by atomic mass is 9.95. The van der Waals surface area contributed by atoms with Gasteiger partial charge in [-0.3, -0.25) is 9.59 Å². The first kappa shape index (κ1) is 28.2. The van der Waals surface area contributed by atoms with Crippen molar-refractivity contribution >= 4 is 28.5 Å². The molecule has 0 saturated heterocycles. The lowest BCUT2D eigenvalue weighted by molar-refractivity contribution is -0.154. The highest BCUT2D eigenvalue weighted by atomic mass is 16.6. The number of nitrogens with zero attached hydrogens (tertiary/aromatic N) is 1. The maximum atomic E-state index is 13.6. The van der Waals surface area contributed by atoms with Crippen LogP contribution in [0.4, 0.5) is 5.69 Å². The van der Waals surface area contributed by atoms with Crippen molar-refractivity contribution in [3.8, 4) is 0 Å². The molecule has 0 bridgehead atoms. The number of hydrogen-bond acceptors (Lipinski definition) is 4. The Kier molecular flexibility index (Phi) is 8.29. The van der Waals surface area contributed by atoms with Crippen LogP contribution in [0.2, 0.25) is 0 Å². The van der Waals surface area contributed by atoms with Crippen LogP contribution in [0.1, 0.15) is 61.1 Å². The minimum atomic E-state index is -0.500. The van der Waals surface area contributed by atoms with Gasteiger partial charge in [-0.15, -0.1) is 0 Å². The van der Waals surface area contributed by atoms with E-state index in [1.165, 1.54) is 5.56 Å². The van der Waals surface area contributed by atoms with Gasteiger partial charge in [-0.1, -0.05) is 60.7 Å². The lowest BCUT2D eigenvalue weighted by Crippen LogP contribution is -2.32. The highest BCUT2D eigenvalue weighted by molar-refractivity contribution is 5.87. The van der Waals surface area contributed by atoms with E-state index in [0.29, 0.717) is 12.8 Å². The second-order valence-electron chi connectivity index (χ2n) is 11.8. The van der Waals surface area contributed by atoms with Crippen LogP contribution in [0.5, 0.6) is 0 Å². The predicted molar refractivity (Wildman–Crippen MR) is 165 cm³/mol. The van der Waals surface area contributed by atoms with Crippen LogP contribution in [-0.2, 0) is 27.2 Å². The van der Waals surface area contributed by atoms with Crippen molar-refractivity contribution in [1.29, 1.82) is 0 Å². The summed E-state index contributed by atoms with van der Waals surface area (Å²) in [6, 6.07) is 22.4. The summed E-state index contributed by atoms with van der Waals surface area (Å²) in [6.45, 7) is 9.45. The Balaban J connectivity index is 1.35. The number of fused-ring (bicyclic) bond motifs is 1. The summed E-state index contributed by atoms with van der Waals surface area (Å²) in [5.74, 6) is -0.260. The number of aromatic amines is 1. The molecular weight excluding hydrogens is 510 g/mol. The molecule has 1 aliphatic rings. The van der Waals surface area contributed by atoms with Crippen molar-refractivity contribution in [2.24, 2.45) is 0 Å². The first-order chi connectivity index (χ1) is 19.7. The summed E-state index contributed by atoms with van der Waals surface area (Å²) >= 11 is 0. The maximum absolute atomic E-state index is 13.6. The number of carbonyl (C=O) groups is 2. The van der Waals surface area contributed by atoms with E-state index < -0.39 is 5.60 Å². The number of amides is 1. The quantitative estimate of drug-likeness (QED) is 0.183. The summed E-state index contributed by atoms with van der Waals surface area (Å²) in [5.41, 5.74) is 6.92. The number of benzene rings is 3. The standard InChI is InChI=1S/C35H39N3O3/c1-24-12-15-28(31(20-24)38-18-8-9-19-38)34(26-10-6-5-7-11-26)37-32(39)22-25-13-16-30-29(21-25)27(23-36-30)14-17-33(40)41-35(2,3)4/h5-13,15-16,20-21,23,34,36H,14,17-19,22H2,1-4H3,(H,37,39). The van der Waals surface area contributed by atoms with Gasteiger partial charge in [-0.2, -0.15) is 0 Å². The monoisotopic (exact) mass is 549 g/mol. The lowest BCUT2D eigenvalue weighted by Gasteiger charge is -2.28. The fourth-order valence-electron chi connectivity index (χ4n) is 5.40. The van der Waals surface area contributed by atoms with Gasteiger partial charge < -0.3 is 19.9 Å². The molecule has 1 unspecified atom stereocenters. The molecule has 1 atom stereocenters. The van der Waals surface area contributed by atoms with E-state index in [-0.39, 0.29) is 24.3 Å².